The molecule has 2 N–H and O–H groups in total. The van der Waals surface area contributed by atoms with E-state index < -0.39 is 47.1 Å². The molecule has 0 radical (unpaired) electrons. The molecule has 1 aromatic carbocycles. The number of carbonyl (C=O) groups excluding carboxylic acids is 4. The first-order chi connectivity index (χ1) is 16.6. The minimum Gasteiger partial charge on any atom is -0.468 e. The van der Waals surface area contributed by atoms with Gasteiger partial charge in [-0.3, -0.25) is 14.4 Å². The molecule has 0 aromatic heterocycles. The van der Waals surface area contributed by atoms with Crippen LogP contribution in [0.15, 0.2) is 18.2 Å². The van der Waals surface area contributed by atoms with Crippen molar-refractivity contribution in [2.24, 2.45) is 0 Å². The second-order valence-corrected chi connectivity index (χ2v) is 10.7. The number of hydrogen-bond donors (Lipinski definition) is 3. The van der Waals surface area contributed by atoms with Gasteiger partial charge >= 0.3 is 12.1 Å². The molecule has 2 atom stereocenters. The van der Waals surface area contributed by atoms with Crippen molar-refractivity contribution in [3.8, 4) is 0 Å². The van der Waals surface area contributed by atoms with Crippen LogP contribution in [0.5, 0.6) is 0 Å². The highest BCUT2D eigenvalue weighted by Crippen LogP contribution is 2.33. The number of thiol groups is 1. The summed E-state index contributed by atoms with van der Waals surface area (Å²) in [7, 11) is 1.23. The van der Waals surface area contributed by atoms with Crippen molar-refractivity contribution in [2.75, 3.05) is 19.4 Å². The molecule has 9 nitrogen and oxygen atoms in total. The van der Waals surface area contributed by atoms with Crippen LogP contribution < -0.4 is 10.6 Å². The molecule has 0 saturated heterocycles. The highest BCUT2D eigenvalue weighted by molar-refractivity contribution is 7.80. The Bertz CT molecular complexity index is 937. The summed E-state index contributed by atoms with van der Waals surface area (Å²) in [4.78, 5) is 53.3. The molecule has 202 valence electrons. The first kappa shape index (κ1) is 31.3. The largest absolute Gasteiger partial charge is 0.468 e. The third-order valence-corrected chi connectivity index (χ3v) is 5.99. The number of esters is 1. The molecule has 0 aliphatic carbocycles. The van der Waals surface area contributed by atoms with Crippen molar-refractivity contribution in [3.63, 3.8) is 0 Å². The van der Waals surface area contributed by atoms with E-state index in [1.54, 1.807) is 20.8 Å². The number of alkyl carbamates (subject to hydrolysis) is 1. The zero-order valence-electron chi connectivity index (χ0n) is 22.9. The van der Waals surface area contributed by atoms with Crippen LogP contribution in [0.25, 0.3) is 0 Å². The van der Waals surface area contributed by atoms with E-state index in [2.05, 4.69) is 28.0 Å². The average molecular weight is 524 g/mol. The number of benzene rings is 1. The van der Waals surface area contributed by atoms with Crippen LogP contribution in [0, 0.1) is 13.8 Å². The lowest BCUT2D eigenvalue weighted by molar-refractivity contribution is -0.149. The van der Waals surface area contributed by atoms with Crippen LogP contribution in [-0.4, -0.2) is 65.4 Å². The van der Waals surface area contributed by atoms with Gasteiger partial charge < -0.3 is 25.0 Å². The van der Waals surface area contributed by atoms with Gasteiger partial charge in [-0.25, -0.2) is 4.79 Å². The number of methoxy groups -OCH3 is 1. The summed E-state index contributed by atoms with van der Waals surface area (Å²) in [5, 5.41) is 5.19. The van der Waals surface area contributed by atoms with E-state index in [-0.39, 0.29) is 12.3 Å². The molecule has 3 amide bonds. The Balaban J connectivity index is 3.60. The predicted molar refractivity (Wildman–Crippen MR) is 142 cm³/mol. The highest BCUT2D eigenvalue weighted by atomic mass is 32.1. The lowest BCUT2D eigenvalue weighted by Crippen LogP contribution is -2.60. The van der Waals surface area contributed by atoms with E-state index in [9.17, 15) is 19.2 Å². The van der Waals surface area contributed by atoms with Gasteiger partial charge in [0.25, 0.3) is 0 Å². The molecular weight excluding hydrogens is 482 g/mol. The number of amides is 3. The molecule has 10 heteroatoms. The van der Waals surface area contributed by atoms with Gasteiger partial charge in [-0.1, -0.05) is 36.2 Å². The third kappa shape index (κ3) is 9.04. The lowest BCUT2D eigenvalue weighted by atomic mass is 9.91. The van der Waals surface area contributed by atoms with Crippen LogP contribution >= 0.6 is 12.6 Å². The average Bonchev–Trinajstić information content (AvgIpc) is 2.76. The Labute approximate surface area is 220 Å². The highest BCUT2D eigenvalue weighted by Gasteiger charge is 2.43. The van der Waals surface area contributed by atoms with E-state index in [1.807, 2.05) is 52.8 Å². The molecule has 0 fully saturated rings. The summed E-state index contributed by atoms with van der Waals surface area (Å²) in [6.45, 7) is 14.2. The molecule has 0 saturated carbocycles. The van der Waals surface area contributed by atoms with E-state index in [1.165, 1.54) is 12.0 Å². The van der Waals surface area contributed by atoms with Gasteiger partial charge in [0.1, 0.15) is 24.2 Å². The molecule has 36 heavy (non-hydrogen) atoms. The molecule has 0 aliphatic rings. The van der Waals surface area contributed by atoms with Crippen molar-refractivity contribution >= 4 is 36.5 Å². The van der Waals surface area contributed by atoms with Gasteiger partial charge in [0.2, 0.25) is 11.8 Å². The van der Waals surface area contributed by atoms with Crippen molar-refractivity contribution in [3.05, 3.63) is 34.9 Å². The second-order valence-electron chi connectivity index (χ2n) is 10.4. The predicted octanol–water partition coefficient (Wildman–Crippen LogP) is 3.47. The number of aryl methyl sites for hydroxylation is 2. The maximum atomic E-state index is 14.0. The topological polar surface area (TPSA) is 114 Å². The fraction of sp³-hybridized carbons (Fsp3) is 0.615. The summed E-state index contributed by atoms with van der Waals surface area (Å²) in [5.41, 5.74) is 0.843. The van der Waals surface area contributed by atoms with Crippen LogP contribution in [0.4, 0.5) is 4.79 Å². The normalized spacial score (nSPS) is 13.3. The maximum absolute atomic E-state index is 14.0. The lowest BCUT2D eigenvalue weighted by Gasteiger charge is -2.44. The Morgan fingerprint density at radius 3 is 2.03 bits per heavy atom. The fourth-order valence-electron chi connectivity index (χ4n) is 3.66. The minimum absolute atomic E-state index is 0.0162. The van der Waals surface area contributed by atoms with E-state index in [0.717, 1.165) is 11.1 Å². The fourth-order valence-corrected chi connectivity index (χ4v) is 3.91. The van der Waals surface area contributed by atoms with Crippen LogP contribution in [0.1, 0.15) is 70.7 Å². The molecule has 0 spiro atoms. The Morgan fingerprint density at radius 2 is 1.58 bits per heavy atom. The number of carbonyl (C=O) groups is 4. The van der Waals surface area contributed by atoms with E-state index >= 15 is 0 Å². The first-order valence-electron chi connectivity index (χ1n) is 11.9. The van der Waals surface area contributed by atoms with Gasteiger partial charge in [0.05, 0.1) is 7.11 Å². The number of nitrogens with zero attached hydrogens (tertiary/aromatic N) is 1. The SMILES string of the molecule is CCC(C)(C)N(C(=O)C(CS)NC(=O)OC(C)(C)C)C(C(=O)NCC(=O)OC)c1cc(C)cc(C)c1. The summed E-state index contributed by atoms with van der Waals surface area (Å²) >= 11 is 4.30. The molecule has 0 bridgehead atoms. The van der Waals surface area contributed by atoms with E-state index in [4.69, 9.17) is 4.74 Å². The minimum atomic E-state index is -1.08. The number of ether oxygens (including phenoxy) is 2. The number of nitrogens with one attached hydrogen (secondary N) is 2. The molecule has 1 aromatic rings. The van der Waals surface area contributed by atoms with Crippen molar-refractivity contribution in [1.29, 1.82) is 0 Å². The Kier molecular flexibility index (Phi) is 11.3. The van der Waals surface area contributed by atoms with Gasteiger partial charge in [-0.2, -0.15) is 12.6 Å². The summed E-state index contributed by atoms with van der Waals surface area (Å²) < 4.78 is 9.98. The summed E-state index contributed by atoms with van der Waals surface area (Å²) in [5.74, 6) is -1.68. The van der Waals surface area contributed by atoms with Gasteiger partial charge in [0.15, 0.2) is 0 Å². The molecule has 0 heterocycles. The molecule has 0 aliphatic heterocycles. The van der Waals surface area contributed by atoms with Crippen molar-refractivity contribution in [2.45, 2.75) is 85.0 Å². The zero-order valence-corrected chi connectivity index (χ0v) is 23.7. The van der Waals surface area contributed by atoms with Gasteiger partial charge in [-0.05, 0) is 60.5 Å². The van der Waals surface area contributed by atoms with Crippen molar-refractivity contribution in [1.82, 2.24) is 15.5 Å². The van der Waals surface area contributed by atoms with Gasteiger partial charge in [-0.15, -0.1) is 0 Å². The Morgan fingerprint density at radius 1 is 1.03 bits per heavy atom. The summed E-state index contributed by atoms with van der Waals surface area (Å²) in [6.07, 6.45) is -0.252. The van der Waals surface area contributed by atoms with Crippen molar-refractivity contribution < 1.29 is 28.7 Å². The molecule has 2 unspecified atom stereocenters. The first-order valence-corrected chi connectivity index (χ1v) is 12.6. The monoisotopic (exact) mass is 523 g/mol. The summed E-state index contributed by atoms with van der Waals surface area (Å²) in [6, 6.07) is 3.48. The Hall–Kier alpha value is -2.75. The number of hydrogen-bond acceptors (Lipinski definition) is 7. The zero-order chi connectivity index (χ0) is 27.8. The van der Waals surface area contributed by atoms with Crippen LogP contribution in [0.2, 0.25) is 0 Å². The molecular formula is C26H41N3O6S. The van der Waals surface area contributed by atoms with Crippen LogP contribution in [-0.2, 0) is 23.9 Å². The third-order valence-electron chi connectivity index (χ3n) is 5.63. The van der Waals surface area contributed by atoms with Crippen LogP contribution in [0.3, 0.4) is 0 Å². The smallest absolute Gasteiger partial charge is 0.408 e. The van der Waals surface area contributed by atoms with Gasteiger partial charge in [0, 0.05) is 11.3 Å². The standard InChI is InChI=1S/C26H41N3O6S/c1-10-26(7,8)29(23(32)19(15-36)28-24(33)35-25(4,5)6)21(22(31)27-14-20(30)34-9)18-12-16(2)11-17(3)13-18/h11-13,19,21,36H,10,14-15H2,1-9H3,(H,27,31)(H,28,33). The maximum Gasteiger partial charge on any atom is 0.408 e. The number of rotatable bonds is 10. The quantitative estimate of drug-likeness (QED) is 0.320. The molecule has 1 rings (SSSR count). The van der Waals surface area contributed by atoms with E-state index in [0.29, 0.717) is 12.0 Å². The second kappa shape index (κ2) is 13.0.